The van der Waals surface area contributed by atoms with Crippen LogP contribution >= 0.6 is 11.3 Å². The highest BCUT2D eigenvalue weighted by molar-refractivity contribution is 7.89. The minimum Gasteiger partial charge on any atom is -0.294 e. The van der Waals surface area contributed by atoms with Crippen LogP contribution in [0.4, 0.5) is 0 Å². The molecule has 114 valence electrons. The van der Waals surface area contributed by atoms with Gasteiger partial charge in [0.15, 0.2) is 0 Å². The van der Waals surface area contributed by atoms with Crippen LogP contribution in [0.5, 0.6) is 0 Å². The molecule has 1 aliphatic heterocycles. The summed E-state index contributed by atoms with van der Waals surface area (Å²) in [6.07, 6.45) is 1.65. The van der Waals surface area contributed by atoms with Gasteiger partial charge in [-0.2, -0.15) is 4.31 Å². The first kappa shape index (κ1) is 15.8. The van der Waals surface area contributed by atoms with E-state index >= 15 is 0 Å². The van der Waals surface area contributed by atoms with Crippen LogP contribution in [0.3, 0.4) is 0 Å². The van der Waals surface area contributed by atoms with Gasteiger partial charge in [0.2, 0.25) is 10.0 Å². The van der Waals surface area contributed by atoms with E-state index < -0.39 is 10.0 Å². The van der Waals surface area contributed by atoms with Gasteiger partial charge in [-0.25, -0.2) is 8.42 Å². The number of unbranched alkanes of at least 4 members (excludes halogenated alkanes) is 1. The van der Waals surface area contributed by atoms with Crippen LogP contribution in [-0.2, 0) is 16.6 Å². The van der Waals surface area contributed by atoms with E-state index in [1.165, 1.54) is 0 Å². The van der Waals surface area contributed by atoms with Gasteiger partial charge in [0.25, 0.3) is 0 Å². The van der Waals surface area contributed by atoms with Crippen molar-refractivity contribution in [3.63, 3.8) is 0 Å². The molecule has 0 unspecified atom stereocenters. The Labute approximate surface area is 124 Å². The first-order chi connectivity index (χ1) is 9.51. The fourth-order valence-corrected chi connectivity index (χ4v) is 4.60. The van der Waals surface area contributed by atoms with E-state index in [0.29, 0.717) is 13.1 Å². The maximum atomic E-state index is 12.1. The lowest BCUT2D eigenvalue weighted by Gasteiger charge is -2.33. The third-order valence-corrected chi connectivity index (χ3v) is 6.19. The first-order valence-electron chi connectivity index (χ1n) is 7.00. The van der Waals surface area contributed by atoms with Crippen molar-refractivity contribution in [2.24, 2.45) is 0 Å². The van der Waals surface area contributed by atoms with E-state index in [1.807, 2.05) is 13.8 Å². The Balaban J connectivity index is 1.83. The highest BCUT2D eigenvalue weighted by atomic mass is 32.2. The third-order valence-electron chi connectivity index (χ3n) is 3.41. The van der Waals surface area contributed by atoms with Gasteiger partial charge in [-0.05, 0) is 13.3 Å². The smallest absolute Gasteiger partial charge is 0.214 e. The number of hydrogen-bond donors (Lipinski definition) is 0. The fraction of sp³-hybridized carbons (Fsp3) is 0.833. The minimum atomic E-state index is -3.06. The topological polar surface area (TPSA) is 66.4 Å². The maximum absolute atomic E-state index is 12.1. The van der Waals surface area contributed by atoms with Gasteiger partial charge >= 0.3 is 0 Å². The molecular weight excluding hydrogens is 296 g/mol. The molecule has 0 atom stereocenters. The first-order valence-corrected chi connectivity index (χ1v) is 9.43. The lowest BCUT2D eigenvalue weighted by atomic mass is 10.3. The second-order valence-electron chi connectivity index (χ2n) is 5.06. The van der Waals surface area contributed by atoms with Crippen LogP contribution < -0.4 is 0 Å². The van der Waals surface area contributed by atoms with Crippen molar-refractivity contribution in [3.05, 3.63) is 10.0 Å². The summed E-state index contributed by atoms with van der Waals surface area (Å²) in [7, 11) is -3.06. The molecule has 1 aromatic rings. The van der Waals surface area contributed by atoms with E-state index in [0.717, 1.165) is 42.5 Å². The van der Waals surface area contributed by atoms with Gasteiger partial charge in [0.1, 0.15) is 10.0 Å². The summed E-state index contributed by atoms with van der Waals surface area (Å²) in [6.45, 7) is 7.44. The number of hydrogen-bond acceptors (Lipinski definition) is 6. The van der Waals surface area contributed by atoms with E-state index in [4.69, 9.17) is 0 Å². The second-order valence-corrected chi connectivity index (χ2v) is 8.41. The number of rotatable bonds is 6. The van der Waals surface area contributed by atoms with Gasteiger partial charge in [-0.1, -0.05) is 13.3 Å². The SMILES string of the molecule is CCCCS(=O)(=O)N1CCN(Cc2nnc(C)s2)CC1. The maximum Gasteiger partial charge on any atom is 0.214 e. The summed E-state index contributed by atoms with van der Waals surface area (Å²) >= 11 is 1.60. The van der Waals surface area contributed by atoms with Crippen molar-refractivity contribution in [2.75, 3.05) is 31.9 Å². The summed E-state index contributed by atoms with van der Waals surface area (Å²) in [5.74, 6) is 0.277. The Morgan fingerprint density at radius 1 is 1.20 bits per heavy atom. The van der Waals surface area contributed by atoms with Gasteiger partial charge in [-0.3, -0.25) is 4.90 Å². The zero-order valence-electron chi connectivity index (χ0n) is 12.1. The van der Waals surface area contributed by atoms with Crippen LogP contribution in [0, 0.1) is 6.92 Å². The number of sulfonamides is 1. The molecule has 0 aromatic carbocycles. The summed E-state index contributed by atoms with van der Waals surface area (Å²) in [5, 5.41) is 10.1. The normalized spacial score (nSPS) is 18.5. The monoisotopic (exact) mass is 318 g/mol. The van der Waals surface area contributed by atoms with E-state index in [9.17, 15) is 8.42 Å². The molecule has 0 saturated carbocycles. The molecule has 1 saturated heterocycles. The van der Waals surface area contributed by atoms with Crippen LogP contribution in [-0.4, -0.2) is 59.8 Å². The average Bonchev–Trinajstić information content (AvgIpc) is 2.82. The lowest BCUT2D eigenvalue weighted by Crippen LogP contribution is -2.48. The van der Waals surface area contributed by atoms with Crippen molar-refractivity contribution < 1.29 is 8.42 Å². The molecular formula is C12H22N4O2S2. The van der Waals surface area contributed by atoms with Gasteiger partial charge in [0.05, 0.1) is 12.3 Å². The molecule has 0 N–H and O–H groups in total. The average molecular weight is 318 g/mol. The van der Waals surface area contributed by atoms with Gasteiger partial charge in [0, 0.05) is 26.2 Å². The van der Waals surface area contributed by atoms with Crippen LogP contribution in [0.1, 0.15) is 29.8 Å². The van der Waals surface area contributed by atoms with Crippen molar-refractivity contribution in [2.45, 2.75) is 33.2 Å². The molecule has 0 spiro atoms. The highest BCUT2D eigenvalue weighted by Gasteiger charge is 2.26. The number of piperazine rings is 1. The molecule has 20 heavy (non-hydrogen) atoms. The van der Waals surface area contributed by atoms with E-state index in [1.54, 1.807) is 15.6 Å². The largest absolute Gasteiger partial charge is 0.294 e. The summed E-state index contributed by atoms with van der Waals surface area (Å²) in [4.78, 5) is 2.24. The number of nitrogens with zero attached hydrogens (tertiary/aromatic N) is 4. The Hall–Kier alpha value is -0.570. The van der Waals surface area contributed by atoms with Crippen LogP contribution in [0.25, 0.3) is 0 Å². The van der Waals surface area contributed by atoms with Crippen molar-refractivity contribution in [1.29, 1.82) is 0 Å². The van der Waals surface area contributed by atoms with E-state index in [2.05, 4.69) is 15.1 Å². The molecule has 8 heteroatoms. The van der Waals surface area contributed by atoms with Crippen LogP contribution in [0.2, 0.25) is 0 Å². The molecule has 6 nitrogen and oxygen atoms in total. The molecule has 1 fully saturated rings. The zero-order chi connectivity index (χ0) is 14.6. The Kier molecular flexibility index (Phi) is 5.48. The van der Waals surface area contributed by atoms with Crippen molar-refractivity contribution in [1.82, 2.24) is 19.4 Å². The van der Waals surface area contributed by atoms with E-state index in [-0.39, 0.29) is 5.75 Å². The van der Waals surface area contributed by atoms with Crippen LogP contribution in [0.15, 0.2) is 0 Å². The fourth-order valence-electron chi connectivity index (χ4n) is 2.21. The summed E-state index contributed by atoms with van der Waals surface area (Å²) in [5.41, 5.74) is 0. The van der Waals surface area contributed by atoms with Crippen molar-refractivity contribution in [3.8, 4) is 0 Å². The molecule has 2 heterocycles. The summed E-state index contributed by atoms with van der Waals surface area (Å²) in [6, 6.07) is 0. The minimum absolute atomic E-state index is 0.277. The Morgan fingerprint density at radius 3 is 2.45 bits per heavy atom. The predicted molar refractivity (Wildman–Crippen MR) is 80.2 cm³/mol. The van der Waals surface area contributed by atoms with Crippen molar-refractivity contribution >= 4 is 21.4 Å². The van der Waals surface area contributed by atoms with Gasteiger partial charge in [-0.15, -0.1) is 21.5 Å². The molecule has 1 aliphatic rings. The third kappa shape index (κ3) is 4.21. The predicted octanol–water partition coefficient (Wildman–Crippen LogP) is 1.09. The van der Waals surface area contributed by atoms with Gasteiger partial charge < -0.3 is 0 Å². The molecule has 1 aromatic heterocycles. The Morgan fingerprint density at radius 2 is 1.90 bits per heavy atom. The quantitative estimate of drug-likeness (QED) is 0.785. The molecule has 0 aliphatic carbocycles. The Bertz CT molecular complexity index is 521. The lowest BCUT2D eigenvalue weighted by molar-refractivity contribution is 0.181. The highest BCUT2D eigenvalue weighted by Crippen LogP contribution is 2.14. The molecule has 0 radical (unpaired) electrons. The standard InChI is InChI=1S/C12H22N4O2S2/c1-3-4-9-20(17,18)16-7-5-15(6-8-16)10-12-14-13-11(2)19-12/h3-10H2,1-2H3. The number of aromatic nitrogens is 2. The zero-order valence-corrected chi connectivity index (χ0v) is 13.7. The molecule has 0 amide bonds. The molecule has 0 bridgehead atoms. The number of aryl methyl sites for hydroxylation is 1. The second kappa shape index (κ2) is 6.93. The molecule has 2 rings (SSSR count). The summed E-state index contributed by atoms with van der Waals surface area (Å²) < 4.78 is 25.8.